The Morgan fingerprint density at radius 3 is 2.48 bits per heavy atom. The lowest BCUT2D eigenvalue weighted by Crippen LogP contribution is -2.12. The summed E-state index contributed by atoms with van der Waals surface area (Å²) in [5.74, 6) is -0.718. The van der Waals surface area contributed by atoms with Crippen LogP contribution in [0.1, 0.15) is 26.3 Å². The predicted molar refractivity (Wildman–Crippen MR) is 88.3 cm³/mol. The second kappa shape index (κ2) is 7.91. The monoisotopic (exact) mass is 311 g/mol. The molecular formula is C18H17NO4. The van der Waals surface area contributed by atoms with Crippen molar-refractivity contribution in [3.8, 4) is 0 Å². The first-order valence-electron chi connectivity index (χ1n) is 7.01. The highest BCUT2D eigenvalue weighted by Crippen LogP contribution is 2.14. The number of hydrogen-bond acceptors (Lipinski definition) is 4. The molecule has 0 unspecified atom stereocenters. The summed E-state index contributed by atoms with van der Waals surface area (Å²) in [6.45, 7) is -0.0386. The molecule has 1 amide bonds. The minimum Gasteiger partial charge on any atom is -0.465 e. The van der Waals surface area contributed by atoms with Crippen LogP contribution in [0.2, 0.25) is 0 Å². The van der Waals surface area contributed by atoms with Crippen LogP contribution in [0.15, 0.2) is 54.6 Å². The number of esters is 1. The average molecular weight is 311 g/mol. The molecule has 23 heavy (non-hydrogen) atoms. The van der Waals surface area contributed by atoms with Gasteiger partial charge in [-0.1, -0.05) is 24.3 Å². The molecule has 0 bridgehead atoms. The van der Waals surface area contributed by atoms with Crippen molar-refractivity contribution in [2.45, 2.75) is 0 Å². The smallest absolute Gasteiger partial charge is 0.337 e. The molecule has 0 aliphatic rings. The zero-order valence-corrected chi connectivity index (χ0v) is 12.7. The number of hydrogen-bond donors (Lipinski definition) is 2. The summed E-state index contributed by atoms with van der Waals surface area (Å²) in [4.78, 5) is 23.6. The molecule has 0 aliphatic heterocycles. The first-order chi connectivity index (χ1) is 11.1. The van der Waals surface area contributed by atoms with E-state index in [1.807, 2.05) is 12.1 Å². The zero-order chi connectivity index (χ0) is 16.7. The van der Waals surface area contributed by atoms with Crippen LogP contribution in [0, 0.1) is 0 Å². The fourth-order valence-electron chi connectivity index (χ4n) is 1.99. The Labute approximate surface area is 134 Å². The van der Waals surface area contributed by atoms with Gasteiger partial charge in [-0.2, -0.15) is 0 Å². The molecule has 0 saturated heterocycles. The lowest BCUT2D eigenvalue weighted by molar-refractivity contribution is 0.0600. The molecule has 0 saturated carbocycles. The number of methoxy groups -OCH3 is 1. The van der Waals surface area contributed by atoms with E-state index in [9.17, 15) is 9.59 Å². The van der Waals surface area contributed by atoms with E-state index in [1.54, 1.807) is 48.6 Å². The van der Waals surface area contributed by atoms with E-state index in [4.69, 9.17) is 5.11 Å². The van der Waals surface area contributed by atoms with Crippen molar-refractivity contribution in [1.82, 2.24) is 0 Å². The summed E-state index contributed by atoms with van der Waals surface area (Å²) in [6, 6.07) is 13.5. The topological polar surface area (TPSA) is 75.6 Å². The first-order valence-corrected chi connectivity index (χ1v) is 7.01. The number of amides is 1. The van der Waals surface area contributed by atoms with Gasteiger partial charge < -0.3 is 15.2 Å². The van der Waals surface area contributed by atoms with E-state index >= 15 is 0 Å². The number of ether oxygens (including phenoxy) is 1. The van der Waals surface area contributed by atoms with E-state index in [1.165, 1.54) is 7.11 Å². The number of aliphatic hydroxyl groups is 1. The average Bonchev–Trinajstić information content (AvgIpc) is 2.59. The molecule has 0 aliphatic carbocycles. The summed E-state index contributed by atoms with van der Waals surface area (Å²) >= 11 is 0. The first kappa shape index (κ1) is 16.5. The van der Waals surface area contributed by atoms with Crippen LogP contribution in [0.25, 0.3) is 6.08 Å². The van der Waals surface area contributed by atoms with Crippen molar-refractivity contribution < 1.29 is 19.4 Å². The summed E-state index contributed by atoms with van der Waals surface area (Å²) < 4.78 is 4.61. The van der Waals surface area contributed by atoms with E-state index in [0.717, 1.165) is 5.56 Å². The molecule has 118 valence electrons. The van der Waals surface area contributed by atoms with E-state index in [-0.39, 0.29) is 12.5 Å². The second-order valence-corrected chi connectivity index (χ2v) is 4.73. The number of carbonyl (C=O) groups is 2. The third kappa shape index (κ3) is 4.52. The Morgan fingerprint density at radius 1 is 1.13 bits per heavy atom. The van der Waals surface area contributed by atoms with Gasteiger partial charge in [0.25, 0.3) is 5.91 Å². The molecule has 2 aromatic carbocycles. The maximum absolute atomic E-state index is 12.2. The highest BCUT2D eigenvalue weighted by Gasteiger charge is 2.09. The van der Waals surface area contributed by atoms with Crippen molar-refractivity contribution in [1.29, 1.82) is 0 Å². The van der Waals surface area contributed by atoms with Crippen LogP contribution in [0.3, 0.4) is 0 Å². The van der Waals surface area contributed by atoms with Gasteiger partial charge in [-0.25, -0.2) is 4.79 Å². The third-order valence-corrected chi connectivity index (χ3v) is 3.13. The number of aliphatic hydroxyl groups excluding tert-OH is 1. The minimum atomic E-state index is -0.444. The molecule has 0 atom stereocenters. The van der Waals surface area contributed by atoms with Crippen LogP contribution in [-0.2, 0) is 4.74 Å². The van der Waals surface area contributed by atoms with Gasteiger partial charge in [-0.05, 0) is 42.0 Å². The van der Waals surface area contributed by atoms with Crippen LogP contribution in [0.4, 0.5) is 5.69 Å². The van der Waals surface area contributed by atoms with Gasteiger partial charge in [0.15, 0.2) is 0 Å². The number of benzene rings is 2. The van der Waals surface area contributed by atoms with Gasteiger partial charge in [-0.3, -0.25) is 4.79 Å². The second-order valence-electron chi connectivity index (χ2n) is 4.73. The molecular weight excluding hydrogens is 294 g/mol. The molecule has 5 heteroatoms. The largest absolute Gasteiger partial charge is 0.465 e. The Hall–Kier alpha value is -2.92. The van der Waals surface area contributed by atoms with E-state index in [0.29, 0.717) is 16.8 Å². The zero-order valence-electron chi connectivity index (χ0n) is 12.7. The number of anilines is 1. The Kier molecular flexibility index (Phi) is 5.66. The van der Waals surface area contributed by atoms with Crippen molar-refractivity contribution in [2.75, 3.05) is 19.0 Å². The van der Waals surface area contributed by atoms with E-state index in [2.05, 4.69) is 10.1 Å². The van der Waals surface area contributed by atoms with Gasteiger partial charge >= 0.3 is 5.97 Å². The van der Waals surface area contributed by atoms with Crippen LogP contribution in [0.5, 0.6) is 0 Å². The lowest BCUT2D eigenvalue weighted by Gasteiger charge is -2.07. The SMILES string of the molecule is COC(=O)c1ccc(C(=O)Nc2cccc(/C=C/CO)c2)cc1. The molecule has 5 nitrogen and oxygen atoms in total. The van der Waals surface area contributed by atoms with Crippen molar-refractivity contribution >= 4 is 23.6 Å². The Morgan fingerprint density at radius 2 is 1.83 bits per heavy atom. The van der Waals surface area contributed by atoms with Gasteiger partial charge in [0.1, 0.15) is 0 Å². The third-order valence-electron chi connectivity index (χ3n) is 3.13. The fourth-order valence-corrected chi connectivity index (χ4v) is 1.99. The molecule has 0 aromatic heterocycles. The van der Waals surface area contributed by atoms with Crippen LogP contribution >= 0.6 is 0 Å². The molecule has 0 fully saturated rings. The van der Waals surface area contributed by atoms with Crippen molar-refractivity contribution in [3.63, 3.8) is 0 Å². The summed E-state index contributed by atoms with van der Waals surface area (Å²) in [6.07, 6.45) is 3.38. The Balaban J connectivity index is 2.09. The molecule has 0 radical (unpaired) electrons. The van der Waals surface area contributed by atoms with Gasteiger partial charge in [0.05, 0.1) is 19.3 Å². The molecule has 0 spiro atoms. The highest BCUT2D eigenvalue weighted by molar-refractivity contribution is 6.04. The predicted octanol–water partition coefficient (Wildman–Crippen LogP) is 2.73. The molecule has 2 aromatic rings. The van der Waals surface area contributed by atoms with Crippen molar-refractivity contribution in [3.05, 3.63) is 71.3 Å². The van der Waals surface area contributed by atoms with Gasteiger partial charge in [0, 0.05) is 11.3 Å². The summed E-state index contributed by atoms with van der Waals surface area (Å²) in [7, 11) is 1.31. The number of rotatable bonds is 5. The normalized spacial score (nSPS) is 10.5. The number of carbonyl (C=O) groups excluding carboxylic acids is 2. The Bertz CT molecular complexity index is 720. The van der Waals surface area contributed by atoms with Crippen LogP contribution < -0.4 is 5.32 Å². The van der Waals surface area contributed by atoms with Gasteiger partial charge in [0.2, 0.25) is 0 Å². The standard InChI is InChI=1S/C18H17NO4/c1-23-18(22)15-9-7-14(8-10-15)17(21)19-16-6-2-4-13(12-16)5-3-11-20/h2-10,12,20H,11H2,1H3,(H,19,21)/b5-3+. The van der Waals surface area contributed by atoms with E-state index < -0.39 is 5.97 Å². The highest BCUT2D eigenvalue weighted by atomic mass is 16.5. The quantitative estimate of drug-likeness (QED) is 0.833. The molecule has 2 rings (SSSR count). The van der Waals surface area contributed by atoms with Crippen molar-refractivity contribution in [2.24, 2.45) is 0 Å². The summed E-state index contributed by atoms with van der Waals surface area (Å²) in [5.41, 5.74) is 2.35. The fraction of sp³-hybridized carbons (Fsp3) is 0.111. The van der Waals surface area contributed by atoms with Gasteiger partial charge in [-0.15, -0.1) is 0 Å². The van der Waals surface area contributed by atoms with Crippen LogP contribution in [-0.4, -0.2) is 30.7 Å². The lowest BCUT2D eigenvalue weighted by atomic mass is 10.1. The maximum Gasteiger partial charge on any atom is 0.337 e. The molecule has 0 heterocycles. The maximum atomic E-state index is 12.2. The number of nitrogens with one attached hydrogen (secondary N) is 1. The molecule has 2 N–H and O–H groups in total. The minimum absolute atomic E-state index is 0.0386. The summed E-state index contributed by atoms with van der Waals surface area (Å²) in [5, 5.41) is 11.6.